The first kappa shape index (κ1) is 17.8. The minimum absolute atomic E-state index is 0.135. The van der Waals surface area contributed by atoms with Gasteiger partial charge in [0.2, 0.25) is 5.91 Å². The number of guanidine groups is 1. The molecule has 0 radical (unpaired) electrons. The van der Waals surface area contributed by atoms with Crippen LogP contribution in [0.1, 0.15) is 25.0 Å². The molecule has 0 bridgehead atoms. The van der Waals surface area contributed by atoms with Crippen LogP contribution in [0, 0.1) is 5.92 Å². The molecule has 7 heteroatoms. The van der Waals surface area contributed by atoms with Gasteiger partial charge in [0.05, 0.1) is 0 Å². The average Bonchev–Trinajstić information content (AvgIpc) is 2.98. The number of nitrogens with zero attached hydrogens (tertiary/aromatic N) is 2. The molecule has 128 valence electrons. The van der Waals surface area contributed by atoms with Crippen LogP contribution < -0.4 is 10.6 Å². The molecule has 2 rings (SSSR count). The SMILES string of the molecule is CN=C(NCCc1ccc(Br)o1)N1CCC(CC(=O)NC)CC1. The standard InChI is InChI=1S/C16H25BrN4O2/c1-18-15(22)11-12-6-9-21(10-7-12)16(19-2)20-8-5-13-3-4-14(17)23-13/h3-4,12H,5-11H2,1-2H3,(H,18,22)(H,19,20). The van der Waals surface area contributed by atoms with Gasteiger partial charge in [0.15, 0.2) is 10.6 Å². The molecule has 1 aromatic rings. The Labute approximate surface area is 145 Å². The third-order valence-electron chi connectivity index (χ3n) is 4.16. The largest absolute Gasteiger partial charge is 0.454 e. The number of furan rings is 1. The summed E-state index contributed by atoms with van der Waals surface area (Å²) in [6, 6.07) is 3.88. The monoisotopic (exact) mass is 384 g/mol. The molecular weight excluding hydrogens is 360 g/mol. The molecule has 1 aliphatic heterocycles. The van der Waals surface area contributed by atoms with Crippen LogP contribution in [0.2, 0.25) is 0 Å². The Balaban J connectivity index is 1.73. The van der Waals surface area contributed by atoms with E-state index in [0.717, 1.165) is 55.3 Å². The Hall–Kier alpha value is -1.50. The van der Waals surface area contributed by atoms with Crippen molar-refractivity contribution in [3.63, 3.8) is 0 Å². The van der Waals surface area contributed by atoms with E-state index in [1.54, 1.807) is 7.05 Å². The number of amides is 1. The fraction of sp³-hybridized carbons (Fsp3) is 0.625. The summed E-state index contributed by atoms with van der Waals surface area (Å²) >= 11 is 3.31. The normalized spacial score (nSPS) is 16.5. The summed E-state index contributed by atoms with van der Waals surface area (Å²) in [5, 5.41) is 6.09. The molecule has 1 aromatic heterocycles. The Morgan fingerprint density at radius 1 is 1.43 bits per heavy atom. The summed E-state index contributed by atoms with van der Waals surface area (Å²) in [5.74, 6) is 2.48. The Kier molecular flexibility index (Phi) is 6.95. The highest BCUT2D eigenvalue weighted by Crippen LogP contribution is 2.20. The second-order valence-corrected chi connectivity index (χ2v) is 6.52. The van der Waals surface area contributed by atoms with Crippen molar-refractivity contribution in [1.82, 2.24) is 15.5 Å². The highest BCUT2D eigenvalue weighted by Gasteiger charge is 2.22. The molecule has 0 aromatic carbocycles. The molecule has 0 atom stereocenters. The summed E-state index contributed by atoms with van der Waals surface area (Å²) in [6.07, 6.45) is 3.50. The van der Waals surface area contributed by atoms with Crippen LogP contribution in [0.3, 0.4) is 0 Å². The highest BCUT2D eigenvalue weighted by molar-refractivity contribution is 9.10. The highest BCUT2D eigenvalue weighted by atomic mass is 79.9. The van der Waals surface area contributed by atoms with Crippen molar-refractivity contribution < 1.29 is 9.21 Å². The summed E-state index contributed by atoms with van der Waals surface area (Å²) in [5.41, 5.74) is 0. The molecule has 1 saturated heterocycles. The summed E-state index contributed by atoms with van der Waals surface area (Å²) in [7, 11) is 3.50. The quantitative estimate of drug-likeness (QED) is 0.601. The fourth-order valence-electron chi connectivity index (χ4n) is 2.83. The van der Waals surface area contributed by atoms with E-state index in [9.17, 15) is 4.79 Å². The van der Waals surface area contributed by atoms with Crippen LogP contribution in [0.5, 0.6) is 0 Å². The number of halogens is 1. The molecule has 0 spiro atoms. The van der Waals surface area contributed by atoms with E-state index in [0.29, 0.717) is 12.3 Å². The van der Waals surface area contributed by atoms with E-state index in [1.807, 2.05) is 19.2 Å². The number of hydrogen-bond donors (Lipinski definition) is 2. The molecule has 1 fully saturated rings. The number of carbonyl (C=O) groups excluding carboxylic acids is 1. The lowest BCUT2D eigenvalue weighted by atomic mass is 9.93. The van der Waals surface area contributed by atoms with Crippen molar-refractivity contribution in [3.05, 3.63) is 22.6 Å². The minimum Gasteiger partial charge on any atom is -0.454 e. The fourth-order valence-corrected chi connectivity index (χ4v) is 3.17. The number of rotatable bonds is 5. The summed E-state index contributed by atoms with van der Waals surface area (Å²) < 4.78 is 6.25. The van der Waals surface area contributed by atoms with Crippen molar-refractivity contribution in [2.45, 2.75) is 25.7 Å². The molecule has 1 amide bonds. The summed E-state index contributed by atoms with van der Waals surface area (Å²) in [4.78, 5) is 18.1. The topological polar surface area (TPSA) is 69.9 Å². The van der Waals surface area contributed by atoms with E-state index in [4.69, 9.17) is 4.42 Å². The second-order valence-electron chi connectivity index (χ2n) is 5.74. The Bertz CT molecular complexity index is 536. The Morgan fingerprint density at radius 2 is 2.17 bits per heavy atom. The van der Waals surface area contributed by atoms with Crippen LogP contribution in [-0.4, -0.2) is 50.5 Å². The van der Waals surface area contributed by atoms with Crippen LogP contribution in [-0.2, 0) is 11.2 Å². The molecule has 1 aliphatic rings. The van der Waals surface area contributed by atoms with Crippen LogP contribution in [0.4, 0.5) is 0 Å². The van der Waals surface area contributed by atoms with Gasteiger partial charge in [0.1, 0.15) is 5.76 Å². The first-order valence-corrected chi connectivity index (χ1v) is 8.82. The van der Waals surface area contributed by atoms with Crippen LogP contribution in [0.25, 0.3) is 0 Å². The minimum atomic E-state index is 0.135. The van der Waals surface area contributed by atoms with Gasteiger partial charge in [-0.1, -0.05) is 0 Å². The van der Waals surface area contributed by atoms with Crippen LogP contribution in [0.15, 0.2) is 26.2 Å². The number of nitrogens with one attached hydrogen (secondary N) is 2. The van der Waals surface area contributed by atoms with Crippen molar-refractivity contribution in [3.8, 4) is 0 Å². The zero-order valence-electron chi connectivity index (χ0n) is 13.8. The predicted molar refractivity (Wildman–Crippen MR) is 94.5 cm³/mol. The Morgan fingerprint density at radius 3 is 2.74 bits per heavy atom. The number of aliphatic imine (C=N–C) groups is 1. The third-order valence-corrected chi connectivity index (χ3v) is 4.59. The number of piperidine rings is 1. The molecular formula is C16H25BrN4O2. The van der Waals surface area contributed by atoms with Crippen molar-refractivity contribution in [2.75, 3.05) is 33.7 Å². The maximum atomic E-state index is 11.5. The lowest BCUT2D eigenvalue weighted by Gasteiger charge is -2.34. The van der Waals surface area contributed by atoms with E-state index in [1.165, 1.54) is 0 Å². The molecule has 0 aliphatic carbocycles. The van der Waals surface area contributed by atoms with Gasteiger partial charge in [0, 0.05) is 46.6 Å². The van der Waals surface area contributed by atoms with E-state index < -0.39 is 0 Å². The number of likely N-dealkylation sites (tertiary alicyclic amines) is 1. The van der Waals surface area contributed by atoms with Gasteiger partial charge in [-0.05, 0) is 46.8 Å². The smallest absolute Gasteiger partial charge is 0.220 e. The zero-order chi connectivity index (χ0) is 16.7. The van der Waals surface area contributed by atoms with Crippen molar-refractivity contribution in [2.24, 2.45) is 10.9 Å². The van der Waals surface area contributed by atoms with Gasteiger partial charge in [-0.15, -0.1) is 0 Å². The lowest BCUT2D eigenvalue weighted by molar-refractivity contribution is -0.121. The van der Waals surface area contributed by atoms with Crippen molar-refractivity contribution >= 4 is 27.8 Å². The van der Waals surface area contributed by atoms with Gasteiger partial charge in [-0.3, -0.25) is 9.79 Å². The van der Waals surface area contributed by atoms with E-state index in [-0.39, 0.29) is 5.91 Å². The maximum absolute atomic E-state index is 11.5. The molecule has 2 heterocycles. The predicted octanol–water partition coefficient (Wildman–Crippen LogP) is 2.01. The van der Waals surface area contributed by atoms with Gasteiger partial charge in [-0.2, -0.15) is 0 Å². The number of hydrogen-bond acceptors (Lipinski definition) is 3. The molecule has 0 saturated carbocycles. The molecule has 6 nitrogen and oxygen atoms in total. The van der Waals surface area contributed by atoms with E-state index >= 15 is 0 Å². The van der Waals surface area contributed by atoms with Gasteiger partial charge in [-0.25, -0.2) is 0 Å². The van der Waals surface area contributed by atoms with Gasteiger partial charge < -0.3 is 20.0 Å². The number of carbonyl (C=O) groups is 1. The summed E-state index contributed by atoms with van der Waals surface area (Å²) in [6.45, 7) is 2.66. The zero-order valence-corrected chi connectivity index (χ0v) is 15.4. The third kappa shape index (κ3) is 5.57. The first-order valence-electron chi connectivity index (χ1n) is 8.02. The maximum Gasteiger partial charge on any atom is 0.220 e. The average molecular weight is 385 g/mol. The van der Waals surface area contributed by atoms with Crippen molar-refractivity contribution in [1.29, 1.82) is 0 Å². The van der Waals surface area contributed by atoms with Gasteiger partial charge in [0.25, 0.3) is 0 Å². The van der Waals surface area contributed by atoms with E-state index in [2.05, 4.69) is 36.5 Å². The van der Waals surface area contributed by atoms with Gasteiger partial charge >= 0.3 is 0 Å². The lowest BCUT2D eigenvalue weighted by Crippen LogP contribution is -2.46. The molecule has 0 unspecified atom stereocenters. The van der Waals surface area contributed by atoms with Crippen LogP contribution >= 0.6 is 15.9 Å². The molecule has 2 N–H and O–H groups in total. The molecule has 23 heavy (non-hydrogen) atoms. The first-order chi connectivity index (χ1) is 11.1. The second kappa shape index (κ2) is 8.96.